The fraction of sp³-hybridized carbons (Fsp3) is 0.429. The van der Waals surface area contributed by atoms with Gasteiger partial charge in [-0.25, -0.2) is 30.0 Å². The van der Waals surface area contributed by atoms with E-state index < -0.39 is 24.1 Å². The predicted octanol–water partition coefficient (Wildman–Crippen LogP) is 6.54. The largest absolute Gasteiger partial charge is 0.453 e. The third kappa shape index (κ3) is 8.96. The first kappa shape index (κ1) is 41.2. The monoisotopic (exact) mass is 766 g/mol. The summed E-state index contributed by atoms with van der Waals surface area (Å²) in [7, 11) is 2.54. The van der Waals surface area contributed by atoms with Gasteiger partial charge >= 0.3 is 12.2 Å². The van der Waals surface area contributed by atoms with Gasteiger partial charge in [-0.2, -0.15) is 0 Å². The van der Waals surface area contributed by atoms with Crippen LogP contribution in [0.1, 0.15) is 82.0 Å². The lowest BCUT2D eigenvalue weighted by atomic mass is 9.81. The van der Waals surface area contributed by atoms with Gasteiger partial charge in [0.2, 0.25) is 11.8 Å². The number of hydrazine groups is 1. The van der Waals surface area contributed by atoms with Crippen molar-refractivity contribution in [1.82, 2.24) is 40.6 Å². The van der Waals surface area contributed by atoms with Crippen molar-refractivity contribution >= 4 is 35.1 Å². The molecule has 3 aliphatic rings. The van der Waals surface area contributed by atoms with Gasteiger partial charge < -0.3 is 29.7 Å². The smallest absolute Gasteiger partial charge is 0.425 e. The van der Waals surface area contributed by atoms with Gasteiger partial charge in [0.25, 0.3) is 0 Å². The van der Waals surface area contributed by atoms with Gasteiger partial charge in [0.05, 0.1) is 50.0 Å². The average molecular weight is 767 g/mol. The number of carbonyl (C=O) groups is 4. The van der Waals surface area contributed by atoms with Crippen molar-refractivity contribution in [2.24, 2.45) is 23.7 Å². The average Bonchev–Trinajstić information content (AvgIpc) is 4.03. The van der Waals surface area contributed by atoms with E-state index in [0.717, 1.165) is 19.3 Å². The Labute approximate surface area is 328 Å². The van der Waals surface area contributed by atoms with Gasteiger partial charge in [-0.05, 0) is 73.2 Å². The lowest BCUT2D eigenvalue weighted by Crippen LogP contribution is -2.53. The van der Waals surface area contributed by atoms with E-state index >= 15 is 0 Å². The van der Waals surface area contributed by atoms with E-state index in [0.29, 0.717) is 51.9 Å². The molecule has 5 rings (SSSR count). The number of likely N-dealkylation sites (tertiary alicyclic amines) is 1. The van der Waals surface area contributed by atoms with E-state index in [1.54, 1.807) is 17.3 Å². The first-order valence-electron chi connectivity index (χ1n) is 18.9. The molecule has 14 heteroatoms. The van der Waals surface area contributed by atoms with E-state index in [1.807, 2.05) is 52.0 Å². The summed E-state index contributed by atoms with van der Waals surface area (Å²) < 4.78 is 9.49. The molecule has 56 heavy (non-hydrogen) atoms. The number of amides is 4. The number of nitrogens with one attached hydrogen (secondary N) is 4. The van der Waals surface area contributed by atoms with Crippen molar-refractivity contribution in [3.8, 4) is 0 Å². The SMILES string of the molecule is C=C(/C=C\C(=C)c1cnc(C2C3C=CC(C3)C2C(=O)N(NC(=O)OC)C(C)C)[nH]1)C(=C)/C=C\C(=C)c1cnc(C2CCCN2C(=O)C(NC(=O)OC)C(C)C)[nH]1. The Morgan fingerprint density at radius 1 is 0.857 bits per heavy atom. The highest BCUT2D eigenvalue weighted by Gasteiger charge is 2.51. The minimum absolute atomic E-state index is 0.0396. The van der Waals surface area contributed by atoms with E-state index in [1.165, 1.54) is 19.2 Å². The topological polar surface area (TPSA) is 175 Å². The Balaban J connectivity index is 1.19. The zero-order chi connectivity index (χ0) is 40.8. The maximum absolute atomic E-state index is 13.8. The van der Waals surface area contributed by atoms with E-state index in [9.17, 15) is 19.2 Å². The van der Waals surface area contributed by atoms with Crippen LogP contribution in [0.3, 0.4) is 0 Å². The number of allylic oxidation sites excluding steroid dienone is 10. The number of imidazole rings is 2. The molecule has 2 aliphatic carbocycles. The van der Waals surface area contributed by atoms with Crippen LogP contribution in [0.4, 0.5) is 9.59 Å². The number of hydrogen-bond acceptors (Lipinski definition) is 8. The normalized spacial score (nSPS) is 21.9. The maximum Gasteiger partial charge on any atom is 0.425 e. The molecule has 4 amide bonds. The van der Waals surface area contributed by atoms with Crippen LogP contribution in [-0.2, 0) is 19.1 Å². The highest BCUT2D eigenvalue weighted by Crippen LogP contribution is 2.53. The maximum atomic E-state index is 13.8. The number of aromatic amines is 2. The van der Waals surface area contributed by atoms with Crippen molar-refractivity contribution in [3.63, 3.8) is 0 Å². The second kappa shape index (κ2) is 17.7. The third-order valence-corrected chi connectivity index (χ3v) is 10.7. The summed E-state index contributed by atoms with van der Waals surface area (Å²) in [5.41, 5.74) is 6.66. The highest BCUT2D eigenvalue weighted by atomic mass is 16.5. The molecule has 298 valence electrons. The molecule has 14 nitrogen and oxygen atoms in total. The Morgan fingerprint density at radius 2 is 1.43 bits per heavy atom. The van der Waals surface area contributed by atoms with Gasteiger partial charge in [0.15, 0.2) is 0 Å². The van der Waals surface area contributed by atoms with Crippen molar-refractivity contribution in [1.29, 1.82) is 0 Å². The van der Waals surface area contributed by atoms with Gasteiger partial charge in [0, 0.05) is 18.5 Å². The van der Waals surface area contributed by atoms with Crippen LogP contribution < -0.4 is 10.7 Å². The number of fused-ring (bicyclic) bond motifs is 2. The standard InChI is InChI=1S/C42H54N8O6/c1-23(2)36(47-41(53)55-9)40(52)49-19-11-12-33(49)37-43-21-31(45-37)27(7)15-13-25(5)26(6)14-16-28(8)32-22-44-38(46-32)34-29-17-18-30(20-29)35(34)39(51)50(24(3)4)48-42(54)56-10/h13-18,21-24,29-30,33-36H,5-8,11-12,19-20H2,1-4,9-10H3,(H,43,45)(H,44,46)(H,47,53)(H,48,54)/b15-13-,16-14-. The number of nitrogens with zero attached hydrogens (tertiary/aromatic N) is 4. The zero-order valence-corrected chi connectivity index (χ0v) is 33.1. The summed E-state index contributed by atoms with van der Waals surface area (Å²) in [6.45, 7) is 24.7. The second-order valence-corrected chi connectivity index (χ2v) is 15.1. The van der Waals surface area contributed by atoms with Crippen LogP contribution in [0.2, 0.25) is 0 Å². The zero-order valence-electron chi connectivity index (χ0n) is 33.1. The molecule has 0 radical (unpaired) electrons. The Kier molecular flexibility index (Phi) is 13.0. The van der Waals surface area contributed by atoms with Gasteiger partial charge in [0.1, 0.15) is 17.7 Å². The molecule has 2 fully saturated rings. The van der Waals surface area contributed by atoms with Crippen molar-refractivity contribution in [2.75, 3.05) is 20.8 Å². The fourth-order valence-electron chi connectivity index (χ4n) is 7.60. The Hall–Kier alpha value is -5.92. The molecule has 4 N–H and O–H groups in total. The summed E-state index contributed by atoms with van der Waals surface area (Å²) in [5.74, 6) is 0.464. The summed E-state index contributed by atoms with van der Waals surface area (Å²) in [5, 5.41) is 4.02. The number of methoxy groups -OCH3 is 2. The molecule has 2 aromatic heterocycles. The number of ether oxygens (including phenoxy) is 2. The third-order valence-electron chi connectivity index (χ3n) is 10.7. The van der Waals surface area contributed by atoms with Gasteiger partial charge in [-0.1, -0.05) is 76.6 Å². The van der Waals surface area contributed by atoms with Crippen molar-refractivity contribution in [3.05, 3.63) is 109 Å². The molecule has 2 aromatic rings. The molecular weight excluding hydrogens is 713 g/mol. The number of aromatic nitrogens is 4. The van der Waals surface area contributed by atoms with Crippen LogP contribution in [0.25, 0.3) is 11.1 Å². The van der Waals surface area contributed by atoms with E-state index in [-0.39, 0.29) is 47.6 Å². The molecule has 6 atom stereocenters. The molecule has 1 saturated heterocycles. The summed E-state index contributed by atoms with van der Waals surface area (Å²) in [6.07, 6.45) is 16.0. The van der Waals surface area contributed by atoms with Crippen LogP contribution in [0.15, 0.2) is 86.3 Å². The van der Waals surface area contributed by atoms with Crippen molar-refractivity contribution in [2.45, 2.75) is 71.0 Å². The molecule has 6 unspecified atom stereocenters. The first-order valence-corrected chi connectivity index (χ1v) is 18.9. The minimum Gasteiger partial charge on any atom is -0.453 e. The summed E-state index contributed by atoms with van der Waals surface area (Å²) >= 11 is 0. The number of carbonyl (C=O) groups excluding carboxylic acids is 4. The number of H-pyrrole nitrogens is 2. The van der Waals surface area contributed by atoms with Gasteiger partial charge in [-0.15, -0.1) is 0 Å². The number of rotatable bonds is 14. The van der Waals surface area contributed by atoms with Gasteiger partial charge in [-0.3, -0.25) is 9.59 Å². The predicted molar refractivity (Wildman–Crippen MR) is 214 cm³/mol. The van der Waals surface area contributed by atoms with Crippen molar-refractivity contribution < 1.29 is 28.7 Å². The minimum atomic E-state index is -0.715. The quantitative estimate of drug-likeness (QED) is 0.0953. The molecule has 0 spiro atoms. The molecular formula is C42H54N8O6. The van der Waals surface area contributed by atoms with E-state index in [2.05, 4.69) is 69.1 Å². The molecule has 1 aliphatic heterocycles. The lowest BCUT2D eigenvalue weighted by Gasteiger charge is -2.33. The molecule has 1 saturated carbocycles. The molecule has 0 aromatic carbocycles. The Bertz CT molecular complexity index is 1970. The second-order valence-electron chi connectivity index (χ2n) is 15.1. The van der Waals surface area contributed by atoms with Crippen LogP contribution in [-0.4, -0.2) is 86.7 Å². The lowest BCUT2D eigenvalue weighted by molar-refractivity contribution is -0.142. The van der Waals surface area contributed by atoms with Crippen LogP contribution in [0.5, 0.6) is 0 Å². The number of hydrogen-bond donors (Lipinski definition) is 4. The van der Waals surface area contributed by atoms with Crippen LogP contribution >= 0.6 is 0 Å². The highest BCUT2D eigenvalue weighted by molar-refractivity contribution is 5.86. The summed E-state index contributed by atoms with van der Waals surface area (Å²) in [4.78, 5) is 69.0. The van der Waals surface area contributed by atoms with E-state index in [4.69, 9.17) is 9.47 Å². The van der Waals surface area contributed by atoms with Crippen LogP contribution in [0, 0.1) is 23.7 Å². The summed E-state index contributed by atoms with van der Waals surface area (Å²) in [6, 6.07) is -1.24. The fourth-order valence-corrected chi connectivity index (χ4v) is 7.60. The molecule has 3 heterocycles. The Morgan fingerprint density at radius 3 is 2.00 bits per heavy atom. The molecule has 2 bridgehead atoms. The first-order chi connectivity index (χ1) is 26.6. The number of alkyl carbamates (subject to hydrolysis) is 1.